The van der Waals surface area contributed by atoms with E-state index in [-0.39, 0.29) is 18.3 Å². The highest BCUT2D eigenvalue weighted by molar-refractivity contribution is 6.47. The Morgan fingerprint density at radius 1 is 1.15 bits per heavy atom. The van der Waals surface area contributed by atoms with Crippen LogP contribution < -0.4 is 10.2 Å². The highest BCUT2D eigenvalue weighted by atomic mass is 19.4. The number of rotatable bonds is 4. The summed E-state index contributed by atoms with van der Waals surface area (Å²) >= 11 is 0. The molecule has 0 aromatic heterocycles. The van der Waals surface area contributed by atoms with Gasteiger partial charge in [0.2, 0.25) is 5.91 Å². The largest absolute Gasteiger partial charge is 0.461 e. The van der Waals surface area contributed by atoms with E-state index in [1.54, 1.807) is 0 Å². The lowest BCUT2D eigenvalue weighted by molar-refractivity contribution is -0.137. The number of esters is 1. The van der Waals surface area contributed by atoms with E-state index in [0.717, 1.165) is 49.2 Å². The second-order valence-corrected chi connectivity index (χ2v) is 8.32. The van der Waals surface area contributed by atoms with Gasteiger partial charge in [-0.15, -0.1) is 0 Å². The monoisotopic (exact) mass is 480 g/mol. The Kier molecular flexibility index (Phi) is 6.32. The van der Waals surface area contributed by atoms with E-state index in [1.165, 1.54) is 13.0 Å². The number of benzene rings is 1. The van der Waals surface area contributed by atoms with Crippen molar-refractivity contribution in [3.63, 3.8) is 0 Å². The molecule has 1 aliphatic carbocycles. The van der Waals surface area contributed by atoms with Crippen LogP contribution in [0.3, 0.4) is 0 Å². The molecule has 4 amide bonds. The zero-order valence-corrected chi connectivity index (χ0v) is 18.3. The van der Waals surface area contributed by atoms with Crippen molar-refractivity contribution in [2.75, 3.05) is 11.5 Å². The molecule has 0 spiro atoms. The standard InChI is InChI=1S/C22H23F3N4O5/c1-2-34-20(32)16-15-17(29(27-16)21(33)26-13-8-4-3-5-9-13)19(31)28(18(15)30)14-10-6-7-12(11-14)22(23,24)25/h6-7,10-11,13,15,17H,2-5,8-9H2,1H3,(H,26,33)/t15-,17-/m1/s1. The van der Waals surface area contributed by atoms with Crippen LogP contribution in [0.15, 0.2) is 29.4 Å². The van der Waals surface area contributed by atoms with Gasteiger partial charge in [-0.1, -0.05) is 25.3 Å². The lowest BCUT2D eigenvalue weighted by Crippen LogP contribution is -2.49. The molecule has 182 valence electrons. The molecule has 34 heavy (non-hydrogen) atoms. The van der Waals surface area contributed by atoms with Gasteiger partial charge in [-0.2, -0.15) is 18.3 Å². The van der Waals surface area contributed by atoms with E-state index in [0.29, 0.717) is 11.0 Å². The zero-order chi connectivity index (χ0) is 24.6. The first-order chi connectivity index (χ1) is 16.1. The molecule has 1 saturated carbocycles. The van der Waals surface area contributed by atoms with Gasteiger partial charge in [0.25, 0.3) is 5.91 Å². The summed E-state index contributed by atoms with van der Waals surface area (Å²) in [5, 5.41) is 7.49. The normalized spacial score (nSPS) is 23.1. The van der Waals surface area contributed by atoms with E-state index in [2.05, 4.69) is 10.4 Å². The van der Waals surface area contributed by atoms with E-state index >= 15 is 0 Å². The summed E-state index contributed by atoms with van der Waals surface area (Å²) in [7, 11) is 0. The molecule has 2 heterocycles. The molecule has 4 rings (SSSR count). The van der Waals surface area contributed by atoms with Gasteiger partial charge in [-0.3, -0.25) is 9.59 Å². The van der Waals surface area contributed by atoms with Gasteiger partial charge in [-0.25, -0.2) is 19.5 Å². The van der Waals surface area contributed by atoms with Crippen molar-refractivity contribution in [3.05, 3.63) is 29.8 Å². The molecule has 0 unspecified atom stereocenters. The summed E-state index contributed by atoms with van der Waals surface area (Å²) in [6, 6.07) is 1.34. The number of imide groups is 1. The number of urea groups is 1. The third-order valence-electron chi connectivity index (χ3n) is 6.11. The number of alkyl halides is 3. The van der Waals surface area contributed by atoms with Crippen LogP contribution in [-0.2, 0) is 25.3 Å². The van der Waals surface area contributed by atoms with E-state index < -0.39 is 53.2 Å². The molecule has 1 aromatic rings. The first-order valence-corrected chi connectivity index (χ1v) is 11.0. The highest BCUT2D eigenvalue weighted by Crippen LogP contribution is 2.38. The average molecular weight is 480 g/mol. The summed E-state index contributed by atoms with van der Waals surface area (Å²) < 4.78 is 44.5. The number of hydrogen-bond donors (Lipinski definition) is 1. The Bertz CT molecular complexity index is 1050. The molecule has 1 N–H and O–H groups in total. The second-order valence-electron chi connectivity index (χ2n) is 8.32. The summed E-state index contributed by atoms with van der Waals surface area (Å²) in [5.74, 6) is -4.35. The predicted molar refractivity (Wildman–Crippen MR) is 113 cm³/mol. The summed E-state index contributed by atoms with van der Waals surface area (Å²) in [6.45, 7) is 1.50. The van der Waals surface area contributed by atoms with Gasteiger partial charge < -0.3 is 10.1 Å². The van der Waals surface area contributed by atoms with Crippen molar-refractivity contribution >= 4 is 35.2 Å². The number of carbonyl (C=O) groups excluding carboxylic acids is 4. The maximum absolute atomic E-state index is 13.3. The molecule has 2 aliphatic heterocycles. The van der Waals surface area contributed by atoms with Crippen LogP contribution in [0.5, 0.6) is 0 Å². The second kappa shape index (κ2) is 9.07. The summed E-state index contributed by atoms with van der Waals surface area (Å²) in [4.78, 5) is 52.5. The molecule has 0 radical (unpaired) electrons. The summed E-state index contributed by atoms with van der Waals surface area (Å²) in [5.41, 5.74) is -1.79. The number of hydrazone groups is 1. The minimum absolute atomic E-state index is 0.0387. The van der Waals surface area contributed by atoms with E-state index in [1.807, 2.05) is 0 Å². The predicted octanol–water partition coefficient (Wildman–Crippen LogP) is 2.84. The van der Waals surface area contributed by atoms with Gasteiger partial charge in [0, 0.05) is 6.04 Å². The molecule has 2 fully saturated rings. The number of anilines is 1. The molecular weight excluding hydrogens is 457 g/mol. The van der Waals surface area contributed by atoms with Crippen LogP contribution in [0.25, 0.3) is 0 Å². The highest BCUT2D eigenvalue weighted by Gasteiger charge is 2.60. The third-order valence-corrected chi connectivity index (χ3v) is 6.11. The van der Waals surface area contributed by atoms with Gasteiger partial charge in [0.15, 0.2) is 11.8 Å². The Balaban J connectivity index is 1.67. The number of nitrogens with zero attached hydrogens (tertiary/aromatic N) is 3. The fourth-order valence-corrected chi connectivity index (χ4v) is 4.52. The Morgan fingerprint density at radius 3 is 2.50 bits per heavy atom. The number of carbonyl (C=O) groups is 4. The van der Waals surface area contributed by atoms with Crippen molar-refractivity contribution < 1.29 is 37.1 Å². The first-order valence-electron chi connectivity index (χ1n) is 11.0. The quantitative estimate of drug-likeness (QED) is 0.527. The van der Waals surface area contributed by atoms with E-state index in [4.69, 9.17) is 4.74 Å². The van der Waals surface area contributed by atoms with Crippen LogP contribution in [0.1, 0.15) is 44.6 Å². The fraction of sp³-hybridized carbons (Fsp3) is 0.500. The van der Waals surface area contributed by atoms with Crippen LogP contribution in [0.4, 0.5) is 23.7 Å². The molecule has 12 heteroatoms. The maximum Gasteiger partial charge on any atom is 0.416 e. The van der Waals surface area contributed by atoms with Crippen LogP contribution in [0, 0.1) is 5.92 Å². The number of ether oxygens (including phenoxy) is 1. The topological polar surface area (TPSA) is 108 Å². The molecule has 0 bridgehead atoms. The number of fused-ring (bicyclic) bond motifs is 1. The SMILES string of the molecule is CCOC(=O)C1=NN(C(=O)NC2CCCCC2)[C@H]2C(=O)N(c3cccc(C(F)(F)F)c3)C(=O)[C@H]12. The van der Waals surface area contributed by atoms with Crippen LogP contribution >= 0.6 is 0 Å². The molecule has 3 aliphatic rings. The van der Waals surface area contributed by atoms with Gasteiger partial charge in [-0.05, 0) is 38.0 Å². The van der Waals surface area contributed by atoms with Crippen molar-refractivity contribution in [1.29, 1.82) is 0 Å². The number of amides is 4. The van der Waals surface area contributed by atoms with Gasteiger partial charge in [0.1, 0.15) is 5.92 Å². The molecule has 1 saturated heterocycles. The maximum atomic E-state index is 13.3. The van der Waals surface area contributed by atoms with E-state index in [9.17, 15) is 32.3 Å². The Morgan fingerprint density at radius 2 is 1.85 bits per heavy atom. The number of nitrogens with one attached hydrogen (secondary N) is 1. The minimum Gasteiger partial charge on any atom is -0.461 e. The number of halogens is 3. The smallest absolute Gasteiger partial charge is 0.416 e. The van der Waals surface area contributed by atoms with Gasteiger partial charge >= 0.3 is 18.2 Å². The Hall–Kier alpha value is -3.44. The fourth-order valence-electron chi connectivity index (χ4n) is 4.52. The lowest BCUT2D eigenvalue weighted by atomic mass is 9.95. The molecule has 1 aromatic carbocycles. The molecule has 9 nitrogen and oxygen atoms in total. The van der Waals surface area contributed by atoms with Crippen molar-refractivity contribution in [1.82, 2.24) is 10.3 Å². The Labute approximate surface area is 192 Å². The third kappa shape index (κ3) is 4.24. The van der Waals surface area contributed by atoms with Crippen molar-refractivity contribution in [2.24, 2.45) is 11.0 Å². The first kappa shape index (κ1) is 23.7. The zero-order valence-electron chi connectivity index (χ0n) is 18.3. The van der Waals surface area contributed by atoms with Crippen molar-refractivity contribution in [3.8, 4) is 0 Å². The molecule has 2 atom stereocenters. The average Bonchev–Trinajstić information content (AvgIpc) is 3.31. The van der Waals surface area contributed by atoms with Crippen LogP contribution in [0.2, 0.25) is 0 Å². The number of hydrogen-bond acceptors (Lipinski definition) is 6. The van der Waals surface area contributed by atoms with Crippen LogP contribution in [-0.4, -0.2) is 53.2 Å². The van der Waals surface area contributed by atoms with Gasteiger partial charge in [0.05, 0.1) is 17.9 Å². The lowest BCUT2D eigenvalue weighted by Gasteiger charge is -2.26. The van der Waals surface area contributed by atoms with Crippen molar-refractivity contribution in [2.45, 2.75) is 57.3 Å². The molecular formula is C22H23F3N4O5. The summed E-state index contributed by atoms with van der Waals surface area (Å²) in [6.07, 6.45) is -0.313. The minimum atomic E-state index is -4.69.